The zero-order valence-corrected chi connectivity index (χ0v) is 17.3. The number of fused-ring (bicyclic) bond motifs is 2. The molecule has 0 amide bonds. The summed E-state index contributed by atoms with van der Waals surface area (Å²) in [6, 6.07) is 1.97. The molecule has 4 aromatic heterocycles. The van der Waals surface area contributed by atoms with Gasteiger partial charge in [-0.1, -0.05) is 18.5 Å². The van der Waals surface area contributed by atoms with Crippen molar-refractivity contribution in [1.29, 1.82) is 0 Å². The van der Waals surface area contributed by atoms with E-state index in [0.29, 0.717) is 35.8 Å². The number of hydrogen-bond acceptors (Lipinski definition) is 7. The monoisotopic (exact) mass is 413 g/mol. The topological polar surface area (TPSA) is 101 Å². The maximum Gasteiger partial charge on any atom is 0.257 e. The lowest BCUT2D eigenvalue weighted by Crippen LogP contribution is -2.16. The summed E-state index contributed by atoms with van der Waals surface area (Å²) in [6.45, 7) is 7.09. The van der Waals surface area contributed by atoms with Crippen molar-refractivity contribution in [1.82, 2.24) is 39.3 Å². The number of ether oxygens (including phenoxy) is 1. The van der Waals surface area contributed by atoms with Gasteiger partial charge in [0.1, 0.15) is 5.69 Å². The number of anilines is 2. The van der Waals surface area contributed by atoms with E-state index in [1.807, 2.05) is 31.6 Å². The molecule has 0 spiro atoms. The number of nitrogens with zero attached hydrogens (tertiary/aromatic N) is 8. The first-order valence-corrected chi connectivity index (χ1v) is 9.68. The first kappa shape index (κ1) is 17.9. The zero-order valence-electron chi connectivity index (χ0n) is 16.5. The van der Waals surface area contributed by atoms with Crippen molar-refractivity contribution in [3.05, 3.63) is 28.8 Å². The Kier molecular flexibility index (Phi) is 3.98. The van der Waals surface area contributed by atoms with Crippen molar-refractivity contribution >= 4 is 34.3 Å². The summed E-state index contributed by atoms with van der Waals surface area (Å²) in [7, 11) is 1.89. The highest BCUT2D eigenvalue weighted by Crippen LogP contribution is 2.33. The van der Waals surface area contributed by atoms with Gasteiger partial charge in [-0.2, -0.15) is 15.2 Å². The summed E-state index contributed by atoms with van der Waals surface area (Å²) >= 11 is 6.26. The van der Waals surface area contributed by atoms with Gasteiger partial charge in [0.2, 0.25) is 5.95 Å². The van der Waals surface area contributed by atoms with Crippen LogP contribution in [0.2, 0.25) is 5.15 Å². The summed E-state index contributed by atoms with van der Waals surface area (Å²) in [5.74, 6) is 1.94. The SMILES string of the molecule is Cc1cc(-n2nc3c(c2C)Nc2ncc4c(Cl)nn(c4n2)C[C@@H](C)CO3)n(C)n1. The molecule has 10 nitrogen and oxygen atoms in total. The van der Waals surface area contributed by atoms with Crippen LogP contribution in [0.5, 0.6) is 5.88 Å². The molecule has 4 aromatic rings. The molecule has 5 rings (SSSR count). The van der Waals surface area contributed by atoms with E-state index in [1.165, 1.54) is 0 Å². The Morgan fingerprint density at radius 1 is 1.24 bits per heavy atom. The molecule has 2 bridgehead atoms. The minimum Gasteiger partial charge on any atom is -0.475 e. The first-order valence-electron chi connectivity index (χ1n) is 9.30. The molecule has 0 saturated heterocycles. The van der Waals surface area contributed by atoms with E-state index in [0.717, 1.165) is 28.3 Å². The molecule has 0 aliphatic carbocycles. The number of nitrogens with one attached hydrogen (secondary N) is 1. The Hall–Kier alpha value is -3.14. The maximum absolute atomic E-state index is 6.26. The Morgan fingerprint density at radius 3 is 2.83 bits per heavy atom. The van der Waals surface area contributed by atoms with Gasteiger partial charge in [-0.05, 0) is 13.8 Å². The highest BCUT2D eigenvalue weighted by atomic mass is 35.5. The highest BCUT2D eigenvalue weighted by molar-refractivity contribution is 6.34. The molecule has 0 aromatic carbocycles. The number of aromatic nitrogens is 8. The van der Waals surface area contributed by atoms with Gasteiger partial charge in [-0.15, -0.1) is 5.10 Å². The second-order valence-electron chi connectivity index (χ2n) is 7.39. The largest absolute Gasteiger partial charge is 0.475 e. The van der Waals surface area contributed by atoms with Gasteiger partial charge in [0, 0.05) is 31.8 Å². The van der Waals surface area contributed by atoms with E-state index in [9.17, 15) is 0 Å². The molecule has 0 fully saturated rings. The van der Waals surface area contributed by atoms with Crippen LogP contribution in [0.4, 0.5) is 11.6 Å². The lowest BCUT2D eigenvalue weighted by Gasteiger charge is -2.12. The van der Waals surface area contributed by atoms with Crippen molar-refractivity contribution in [2.45, 2.75) is 27.3 Å². The summed E-state index contributed by atoms with van der Waals surface area (Å²) < 4.78 is 11.5. The number of hydrogen-bond donors (Lipinski definition) is 1. The fourth-order valence-electron chi connectivity index (χ4n) is 3.53. The third kappa shape index (κ3) is 2.91. The molecule has 29 heavy (non-hydrogen) atoms. The van der Waals surface area contributed by atoms with E-state index >= 15 is 0 Å². The summed E-state index contributed by atoms with van der Waals surface area (Å²) in [5.41, 5.74) is 3.19. The van der Waals surface area contributed by atoms with Crippen molar-refractivity contribution < 1.29 is 4.74 Å². The molecular weight excluding hydrogens is 394 g/mol. The number of halogens is 1. The Labute approximate surface area is 171 Å². The van der Waals surface area contributed by atoms with Crippen LogP contribution < -0.4 is 10.1 Å². The van der Waals surface area contributed by atoms with E-state index < -0.39 is 0 Å². The van der Waals surface area contributed by atoms with Crippen LogP contribution in [-0.2, 0) is 13.6 Å². The van der Waals surface area contributed by atoms with Gasteiger partial charge in [0.25, 0.3) is 5.88 Å². The second-order valence-corrected chi connectivity index (χ2v) is 7.75. The molecule has 1 aliphatic rings. The fraction of sp³-hybridized carbons (Fsp3) is 0.389. The van der Waals surface area contributed by atoms with Crippen molar-refractivity contribution in [3.63, 3.8) is 0 Å². The third-order valence-electron chi connectivity index (χ3n) is 4.95. The summed E-state index contributed by atoms with van der Waals surface area (Å²) in [5, 5.41) is 17.9. The predicted octanol–water partition coefficient (Wildman–Crippen LogP) is 2.79. The first-order chi connectivity index (χ1) is 13.9. The molecule has 1 aliphatic heterocycles. The van der Waals surface area contributed by atoms with Crippen LogP contribution in [-0.4, -0.2) is 45.9 Å². The molecule has 0 radical (unpaired) electrons. The van der Waals surface area contributed by atoms with Crippen LogP contribution in [0.15, 0.2) is 12.3 Å². The average Bonchev–Trinajstić information content (AvgIpc) is 3.27. The smallest absolute Gasteiger partial charge is 0.257 e. The van der Waals surface area contributed by atoms with E-state index in [4.69, 9.17) is 16.3 Å². The van der Waals surface area contributed by atoms with Crippen LogP contribution in [0.1, 0.15) is 18.3 Å². The highest BCUT2D eigenvalue weighted by Gasteiger charge is 2.23. The quantitative estimate of drug-likeness (QED) is 0.512. The normalized spacial score (nSPS) is 16.4. The number of aryl methyl sites for hydroxylation is 2. The molecule has 1 atom stereocenters. The average molecular weight is 414 g/mol. The molecule has 0 saturated carbocycles. The second kappa shape index (κ2) is 6.45. The van der Waals surface area contributed by atoms with Crippen molar-refractivity contribution in [2.24, 2.45) is 13.0 Å². The number of rotatable bonds is 1. The standard InChI is InChI=1S/C18H20ClN9O/c1-9-7-27-16-12(15(19)24-27)6-20-18(22-16)21-14-11(3)28(25-17(14)29-8-9)13-5-10(2)23-26(13)4/h5-6,9H,7-8H2,1-4H3,(H,20,21,22)/t9-/m1/s1. The maximum atomic E-state index is 6.26. The Bertz CT molecular complexity index is 1240. The predicted molar refractivity (Wildman–Crippen MR) is 108 cm³/mol. The van der Waals surface area contributed by atoms with Crippen LogP contribution in [0.25, 0.3) is 16.9 Å². The fourth-order valence-corrected chi connectivity index (χ4v) is 3.75. The molecule has 5 heterocycles. The third-order valence-corrected chi connectivity index (χ3v) is 5.23. The van der Waals surface area contributed by atoms with Gasteiger partial charge >= 0.3 is 0 Å². The zero-order chi connectivity index (χ0) is 20.3. The molecule has 11 heteroatoms. The van der Waals surface area contributed by atoms with Gasteiger partial charge in [0.15, 0.2) is 16.6 Å². The van der Waals surface area contributed by atoms with E-state index in [-0.39, 0.29) is 5.92 Å². The van der Waals surface area contributed by atoms with E-state index in [1.54, 1.807) is 15.6 Å². The molecular formula is C18H20ClN9O. The van der Waals surface area contributed by atoms with Gasteiger partial charge in [0.05, 0.1) is 23.4 Å². The van der Waals surface area contributed by atoms with Crippen molar-refractivity contribution in [2.75, 3.05) is 11.9 Å². The van der Waals surface area contributed by atoms with Crippen LogP contribution in [0.3, 0.4) is 0 Å². The minimum absolute atomic E-state index is 0.169. The Morgan fingerprint density at radius 2 is 2.07 bits per heavy atom. The lowest BCUT2D eigenvalue weighted by atomic mass is 10.2. The van der Waals surface area contributed by atoms with Crippen LogP contribution in [0, 0.1) is 19.8 Å². The molecule has 150 valence electrons. The van der Waals surface area contributed by atoms with Gasteiger partial charge < -0.3 is 10.1 Å². The van der Waals surface area contributed by atoms with Gasteiger partial charge in [-0.3, -0.25) is 4.68 Å². The van der Waals surface area contributed by atoms with Crippen LogP contribution >= 0.6 is 11.6 Å². The molecule has 0 unspecified atom stereocenters. The minimum atomic E-state index is 0.169. The Balaban J connectivity index is 1.66. The summed E-state index contributed by atoms with van der Waals surface area (Å²) in [4.78, 5) is 9.04. The summed E-state index contributed by atoms with van der Waals surface area (Å²) in [6.07, 6.45) is 1.68. The van der Waals surface area contributed by atoms with Crippen molar-refractivity contribution in [3.8, 4) is 11.7 Å². The molecule has 1 N–H and O–H groups in total. The van der Waals surface area contributed by atoms with E-state index in [2.05, 4.69) is 37.5 Å². The van der Waals surface area contributed by atoms with Gasteiger partial charge in [-0.25, -0.2) is 14.3 Å². The lowest BCUT2D eigenvalue weighted by molar-refractivity contribution is 0.233.